The number of hydrogen-bond acceptors (Lipinski definition) is 2. The highest BCUT2D eigenvalue weighted by atomic mass is 16.3. The van der Waals surface area contributed by atoms with Gasteiger partial charge in [-0.1, -0.05) is 31.2 Å². The predicted molar refractivity (Wildman–Crippen MR) is 74.5 cm³/mol. The van der Waals surface area contributed by atoms with Crippen LogP contribution in [0.4, 0.5) is 0 Å². The van der Waals surface area contributed by atoms with Gasteiger partial charge < -0.3 is 9.73 Å². The third-order valence-electron chi connectivity index (χ3n) is 3.36. The first-order valence-corrected chi connectivity index (χ1v) is 6.59. The Morgan fingerprint density at radius 1 is 1.06 bits per heavy atom. The molecule has 2 rings (SSSR count). The van der Waals surface area contributed by atoms with Crippen molar-refractivity contribution in [3.05, 3.63) is 59.5 Å². The molecule has 0 bridgehead atoms. The summed E-state index contributed by atoms with van der Waals surface area (Å²) in [4.78, 5) is 0. The number of rotatable bonds is 5. The van der Waals surface area contributed by atoms with Crippen LogP contribution in [-0.4, -0.2) is 0 Å². The average Bonchev–Trinajstić information content (AvgIpc) is 2.92. The molecule has 0 saturated carbocycles. The van der Waals surface area contributed by atoms with Gasteiger partial charge in [0.05, 0.1) is 12.3 Å². The molecule has 0 radical (unpaired) electrons. The lowest BCUT2D eigenvalue weighted by Crippen LogP contribution is -2.22. The summed E-state index contributed by atoms with van der Waals surface area (Å²) >= 11 is 0. The van der Waals surface area contributed by atoms with E-state index in [1.54, 1.807) is 6.26 Å². The van der Waals surface area contributed by atoms with Crippen LogP contribution >= 0.6 is 0 Å². The van der Waals surface area contributed by atoms with Crippen molar-refractivity contribution in [2.24, 2.45) is 0 Å². The Labute approximate surface area is 109 Å². The lowest BCUT2D eigenvalue weighted by Gasteiger charge is -2.19. The van der Waals surface area contributed by atoms with Gasteiger partial charge in [0.15, 0.2) is 0 Å². The molecule has 0 aliphatic rings. The topological polar surface area (TPSA) is 25.2 Å². The van der Waals surface area contributed by atoms with E-state index in [9.17, 15) is 0 Å². The van der Waals surface area contributed by atoms with E-state index in [4.69, 9.17) is 4.42 Å². The largest absolute Gasteiger partial charge is 0.468 e. The molecule has 0 aliphatic carbocycles. The van der Waals surface area contributed by atoms with Crippen LogP contribution in [0.1, 0.15) is 49.7 Å². The molecular formula is C16H21NO. The summed E-state index contributed by atoms with van der Waals surface area (Å²) in [5.41, 5.74) is 2.69. The molecule has 2 atom stereocenters. The third kappa shape index (κ3) is 3.02. The molecule has 0 aliphatic heterocycles. The molecule has 0 fully saturated rings. The van der Waals surface area contributed by atoms with Crippen molar-refractivity contribution >= 4 is 0 Å². The standard InChI is InChI=1S/C16H21NO/c1-4-14-7-9-15(10-8-14)12(2)17-13(3)16-6-5-11-18-16/h5-13,17H,4H2,1-3H3. The summed E-state index contributed by atoms with van der Waals surface area (Å²) in [6.07, 6.45) is 2.80. The van der Waals surface area contributed by atoms with Crippen molar-refractivity contribution in [1.82, 2.24) is 5.32 Å². The van der Waals surface area contributed by atoms with Gasteiger partial charge in [-0.15, -0.1) is 0 Å². The number of nitrogens with one attached hydrogen (secondary N) is 1. The molecule has 1 aromatic heterocycles. The number of hydrogen-bond donors (Lipinski definition) is 1. The van der Waals surface area contributed by atoms with E-state index in [1.165, 1.54) is 11.1 Å². The second-order valence-electron chi connectivity index (χ2n) is 4.72. The maximum atomic E-state index is 5.41. The van der Waals surface area contributed by atoms with Crippen molar-refractivity contribution in [2.75, 3.05) is 0 Å². The fraction of sp³-hybridized carbons (Fsp3) is 0.375. The van der Waals surface area contributed by atoms with Gasteiger partial charge in [-0.2, -0.15) is 0 Å². The number of furan rings is 1. The second kappa shape index (κ2) is 5.87. The van der Waals surface area contributed by atoms with E-state index in [0.29, 0.717) is 6.04 Å². The van der Waals surface area contributed by atoms with Crippen LogP contribution in [0.5, 0.6) is 0 Å². The van der Waals surface area contributed by atoms with Gasteiger partial charge in [-0.3, -0.25) is 0 Å². The van der Waals surface area contributed by atoms with Crippen molar-refractivity contribution in [2.45, 2.75) is 39.3 Å². The monoisotopic (exact) mass is 243 g/mol. The lowest BCUT2D eigenvalue weighted by molar-refractivity contribution is 0.403. The zero-order chi connectivity index (χ0) is 13.0. The molecule has 2 heteroatoms. The molecule has 96 valence electrons. The van der Waals surface area contributed by atoms with Gasteiger partial charge >= 0.3 is 0 Å². The molecule has 2 aromatic rings. The molecule has 1 N–H and O–H groups in total. The van der Waals surface area contributed by atoms with Crippen molar-refractivity contribution in [1.29, 1.82) is 0 Å². The Morgan fingerprint density at radius 3 is 2.33 bits per heavy atom. The summed E-state index contributed by atoms with van der Waals surface area (Å²) < 4.78 is 5.41. The first-order valence-electron chi connectivity index (χ1n) is 6.59. The fourth-order valence-electron chi connectivity index (χ4n) is 2.13. The van der Waals surface area contributed by atoms with E-state index in [1.807, 2.05) is 12.1 Å². The quantitative estimate of drug-likeness (QED) is 0.849. The highest BCUT2D eigenvalue weighted by molar-refractivity contribution is 5.25. The van der Waals surface area contributed by atoms with Gasteiger partial charge in [0.25, 0.3) is 0 Å². The van der Waals surface area contributed by atoms with E-state index in [2.05, 4.69) is 50.4 Å². The van der Waals surface area contributed by atoms with Gasteiger partial charge in [-0.05, 0) is 43.5 Å². The highest BCUT2D eigenvalue weighted by Gasteiger charge is 2.12. The van der Waals surface area contributed by atoms with Gasteiger partial charge in [0, 0.05) is 6.04 Å². The molecule has 0 spiro atoms. The van der Waals surface area contributed by atoms with E-state index in [-0.39, 0.29) is 6.04 Å². The number of aryl methyl sites for hydroxylation is 1. The predicted octanol–water partition coefficient (Wildman–Crippen LogP) is 4.25. The maximum Gasteiger partial charge on any atom is 0.120 e. The van der Waals surface area contributed by atoms with E-state index in [0.717, 1.165) is 12.2 Å². The van der Waals surface area contributed by atoms with Crippen LogP contribution in [-0.2, 0) is 6.42 Å². The minimum absolute atomic E-state index is 0.223. The molecule has 2 unspecified atom stereocenters. The second-order valence-corrected chi connectivity index (χ2v) is 4.72. The summed E-state index contributed by atoms with van der Waals surface area (Å²) in [6, 6.07) is 13.3. The van der Waals surface area contributed by atoms with Crippen molar-refractivity contribution < 1.29 is 4.42 Å². The SMILES string of the molecule is CCc1ccc(C(C)NC(C)c2ccco2)cc1. The van der Waals surface area contributed by atoms with Crippen molar-refractivity contribution in [3.8, 4) is 0 Å². The maximum absolute atomic E-state index is 5.41. The van der Waals surface area contributed by atoms with Gasteiger partial charge in [0.1, 0.15) is 5.76 Å². The molecule has 1 heterocycles. The van der Waals surface area contributed by atoms with Gasteiger partial charge in [-0.25, -0.2) is 0 Å². The number of benzene rings is 1. The Kier molecular flexibility index (Phi) is 4.21. The fourth-order valence-corrected chi connectivity index (χ4v) is 2.13. The Morgan fingerprint density at radius 2 is 1.78 bits per heavy atom. The zero-order valence-electron chi connectivity index (χ0n) is 11.3. The summed E-state index contributed by atoms with van der Waals surface area (Å²) in [5.74, 6) is 0.979. The van der Waals surface area contributed by atoms with E-state index >= 15 is 0 Å². The van der Waals surface area contributed by atoms with Crippen LogP contribution in [0.3, 0.4) is 0 Å². The normalized spacial score (nSPS) is 14.4. The van der Waals surface area contributed by atoms with Crippen LogP contribution in [0.2, 0.25) is 0 Å². The molecule has 1 aromatic carbocycles. The minimum atomic E-state index is 0.223. The first-order chi connectivity index (χ1) is 8.70. The van der Waals surface area contributed by atoms with Gasteiger partial charge in [0.2, 0.25) is 0 Å². The Hall–Kier alpha value is -1.54. The first kappa shape index (κ1) is 12.9. The Balaban J connectivity index is 2.00. The smallest absolute Gasteiger partial charge is 0.120 e. The molecule has 0 amide bonds. The summed E-state index contributed by atoms with van der Waals surface area (Å²) in [7, 11) is 0. The summed E-state index contributed by atoms with van der Waals surface area (Å²) in [5, 5.41) is 3.54. The van der Waals surface area contributed by atoms with Crippen molar-refractivity contribution in [3.63, 3.8) is 0 Å². The van der Waals surface area contributed by atoms with Crippen LogP contribution in [0, 0.1) is 0 Å². The van der Waals surface area contributed by atoms with Crippen LogP contribution in [0.25, 0.3) is 0 Å². The third-order valence-corrected chi connectivity index (χ3v) is 3.36. The summed E-state index contributed by atoms with van der Waals surface area (Å²) in [6.45, 7) is 6.48. The molecule has 0 saturated heterocycles. The zero-order valence-corrected chi connectivity index (χ0v) is 11.3. The average molecular weight is 243 g/mol. The molecular weight excluding hydrogens is 222 g/mol. The minimum Gasteiger partial charge on any atom is -0.468 e. The Bertz CT molecular complexity index is 458. The van der Waals surface area contributed by atoms with Crippen LogP contribution < -0.4 is 5.32 Å². The molecule has 18 heavy (non-hydrogen) atoms. The lowest BCUT2D eigenvalue weighted by atomic mass is 10.0. The van der Waals surface area contributed by atoms with E-state index < -0.39 is 0 Å². The van der Waals surface area contributed by atoms with Crippen LogP contribution in [0.15, 0.2) is 47.1 Å². The highest BCUT2D eigenvalue weighted by Crippen LogP contribution is 2.20. The molecule has 2 nitrogen and oxygen atoms in total.